The molecule has 3 rings (SSSR count). The maximum absolute atomic E-state index is 5.17. The van der Waals surface area contributed by atoms with Gasteiger partial charge in [-0.05, 0) is 18.9 Å². The molecule has 0 spiro atoms. The molecule has 0 aromatic carbocycles. The number of aromatic nitrogens is 4. The van der Waals surface area contributed by atoms with Crippen LogP contribution >= 0.6 is 0 Å². The minimum atomic E-state index is 0.292. The highest BCUT2D eigenvalue weighted by molar-refractivity contribution is 5.86. The largest absolute Gasteiger partial charge is 0.383 e. The Bertz CT molecular complexity index is 683. The monoisotopic (exact) mass is 332 g/mol. The first kappa shape index (κ1) is 17.1. The molecule has 0 saturated carbocycles. The number of rotatable bonds is 7. The van der Waals surface area contributed by atoms with Crippen molar-refractivity contribution in [3.05, 3.63) is 12.0 Å². The molecular weight excluding hydrogens is 304 g/mol. The van der Waals surface area contributed by atoms with Crippen molar-refractivity contribution in [3.8, 4) is 0 Å². The Balaban J connectivity index is 1.69. The molecule has 24 heavy (non-hydrogen) atoms. The number of anilines is 1. The van der Waals surface area contributed by atoms with E-state index in [1.807, 2.05) is 17.9 Å². The van der Waals surface area contributed by atoms with Gasteiger partial charge in [-0.1, -0.05) is 13.8 Å². The van der Waals surface area contributed by atoms with E-state index in [-0.39, 0.29) is 0 Å². The van der Waals surface area contributed by atoms with Crippen LogP contribution in [0.5, 0.6) is 0 Å². The van der Waals surface area contributed by atoms with Gasteiger partial charge in [0.15, 0.2) is 5.65 Å². The van der Waals surface area contributed by atoms with Crippen LogP contribution in [-0.4, -0.2) is 64.5 Å². The highest BCUT2D eigenvalue weighted by atomic mass is 16.5. The molecule has 3 heterocycles. The van der Waals surface area contributed by atoms with E-state index in [9.17, 15) is 0 Å². The van der Waals surface area contributed by atoms with E-state index in [4.69, 9.17) is 9.72 Å². The normalized spacial score (nSPS) is 18.8. The lowest BCUT2D eigenvalue weighted by atomic mass is 10.1. The van der Waals surface area contributed by atoms with Gasteiger partial charge in [0.05, 0.1) is 18.2 Å². The van der Waals surface area contributed by atoms with Crippen molar-refractivity contribution < 1.29 is 4.74 Å². The third kappa shape index (κ3) is 3.67. The first-order valence-electron chi connectivity index (χ1n) is 8.73. The molecule has 1 atom stereocenters. The summed E-state index contributed by atoms with van der Waals surface area (Å²) in [5.41, 5.74) is 0.893. The van der Waals surface area contributed by atoms with E-state index in [2.05, 4.69) is 34.1 Å². The van der Waals surface area contributed by atoms with Crippen molar-refractivity contribution in [2.24, 2.45) is 13.0 Å². The van der Waals surface area contributed by atoms with Crippen molar-refractivity contribution >= 4 is 16.9 Å². The van der Waals surface area contributed by atoms with Crippen LogP contribution in [0, 0.1) is 5.92 Å². The van der Waals surface area contributed by atoms with Crippen LogP contribution in [0.2, 0.25) is 0 Å². The first-order chi connectivity index (χ1) is 11.6. The Morgan fingerprint density at radius 2 is 2.21 bits per heavy atom. The number of nitrogens with one attached hydrogen (secondary N) is 1. The second-order valence-electron chi connectivity index (χ2n) is 6.92. The molecule has 0 aliphatic carbocycles. The number of nitrogens with zero attached hydrogens (tertiary/aromatic N) is 5. The minimum Gasteiger partial charge on any atom is -0.383 e. The van der Waals surface area contributed by atoms with Crippen molar-refractivity contribution in [2.75, 3.05) is 45.2 Å². The lowest BCUT2D eigenvalue weighted by Gasteiger charge is -2.16. The number of methoxy groups -OCH3 is 1. The predicted molar refractivity (Wildman–Crippen MR) is 95.3 cm³/mol. The maximum atomic E-state index is 5.17. The molecule has 0 bridgehead atoms. The second-order valence-corrected chi connectivity index (χ2v) is 6.92. The Morgan fingerprint density at radius 1 is 1.38 bits per heavy atom. The number of hydrogen-bond donors (Lipinski definition) is 1. The van der Waals surface area contributed by atoms with Gasteiger partial charge in [-0.2, -0.15) is 5.10 Å². The van der Waals surface area contributed by atoms with Gasteiger partial charge in [-0.3, -0.25) is 4.68 Å². The molecule has 1 saturated heterocycles. The van der Waals surface area contributed by atoms with Crippen LogP contribution in [0.15, 0.2) is 6.20 Å². The molecule has 0 radical (unpaired) electrons. The Morgan fingerprint density at radius 3 is 2.96 bits per heavy atom. The second kappa shape index (κ2) is 7.44. The fourth-order valence-corrected chi connectivity index (χ4v) is 3.18. The summed E-state index contributed by atoms with van der Waals surface area (Å²) in [5.74, 6) is 2.71. The summed E-state index contributed by atoms with van der Waals surface area (Å²) < 4.78 is 6.99. The van der Waals surface area contributed by atoms with Crippen LogP contribution in [0.4, 0.5) is 5.82 Å². The zero-order valence-electron chi connectivity index (χ0n) is 15.1. The van der Waals surface area contributed by atoms with Crippen molar-refractivity contribution in [2.45, 2.75) is 26.2 Å². The van der Waals surface area contributed by atoms with Gasteiger partial charge < -0.3 is 15.0 Å². The summed E-state index contributed by atoms with van der Waals surface area (Å²) in [6.45, 7) is 9.26. The van der Waals surface area contributed by atoms with Crippen molar-refractivity contribution in [3.63, 3.8) is 0 Å². The third-order valence-electron chi connectivity index (χ3n) is 4.67. The molecule has 7 heteroatoms. The molecule has 2 aromatic heterocycles. The summed E-state index contributed by atoms with van der Waals surface area (Å²) in [5, 5.41) is 8.88. The van der Waals surface area contributed by atoms with E-state index < -0.39 is 0 Å². The number of hydrogen-bond acceptors (Lipinski definition) is 6. The quantitative estimate of drug-likeness (QED) is 0.835. The molecule has 132 valence electrons. The predicted octanol–water partition coefficient (Wildman–Crippen LogP) is 1.87. The number of aryl methyl sites for hydroxylation is 1. The van der Waals surface area contributed by atoms with Crippen LogP contribution < -0.4 is 5.32 Å². The van der Waals surface area contributed by atoms with Gasteiger partial charge in [0.25, 0.3) is 0 Å². The van der Waals surface area contributed by atoms with Crippen molar-refractivity contribution in [1.29, 1.82) is 0 Å². The standard InChI is InChI=1S/C17H28N6O/c1-12(2)15-20-16(14-10-19-22(3)17(14)21-15)18-9-13-5-6-23(11-13)7-8-24-4/h10,12-13H,5-9,11H2,1-4H3,(H,18,20,21). The van der Waals surface area contributed by atoms with Gasteiger partial charge in [-0.15, -0.1) is 0 Å². The summed E-state index contributed by atoms with van der Waals surface area (Å²) in [4.78, 5) is 11.8. The summed E-state index contributed by atoms with van der Waals surface area (Å²) in [7, 11) is 3.68. The maximum Gasteiger partial charge on any atom is 0.163 e. The molecule has 7 nitrogen and oxygen atoms in total. The van der Waals surface area contributed by atoms with Crippen LogP contribution in [0.1, 0.15) is 32.0 Å². The topological polar surface area (TPSA) is 68.1 Å². The smallest absolute Gasteiger partial charge is 0.163 e. The van der Waals surface area contributed by atoms with E-state index in [1.54, 1.807) is 7.11 Å². The molecule has 1 aliphatic rings. The highest BCUT2D eigenvalue weighted by Crippen LogP contribution is 2.24. The fourth-order valence-electron chi connectivity index (χ4n) is 3.18. The lowest BCUT2D eigenvalue weighted by molar-refractivity contribution is 0.159. The average molecular weight is 332 g/mol. The first-order valence-corrected chi connectivity index (χ1v) is 8.73. The molecule has 1 fully saturated rings. The number of ether oxygens (including phenoxy) is 1. The fraction of sp³-hybridized carbons (Fsp3) is 0.706. The molecule has 1 N–H and O–H groups in total. The summed E-state index contributed by atoms with van der Waals surface area (Å²) >= 11 is 0. The number of fused-ring (bicyclic) bond motifs is 1. The van der Waals surface area contributed by atoms with Crippen LogP contribution in [-0.2, 0) is 11.8 Å². The molecule has 1 unspecified atom stereocenters. The van der Waals surface area contributed by atoms with Crippen molar-refractivity contribution in [1.82, 2.24) is 24.6 Å². The van der Waals surface area contributed by atoms with Gasteiger partial charge in [0.2, 0.25) is 0 Å². The van der Waals surface area contributed by atoms with Gasteiger partial charge in [0, 0.05) is 39.7 Å². The summed E-state index contributed by atoms with van der Waals surface area (Å²) in [6, 6.07) is 0. The van der Waals surface area contributed by atoms with E-state index in [1.165, 1.54) is 6.42 Å². The highest BCUT2D eigenvalue weighted by Gasteiger charge is 2.22. The van der Waals surface area contributed by atoms with E-state index >= 15 is 0 Å². The van der Waals surface area contributed by atoms with E-state index in [0.717, 1.165) is 55.5 Å². The van der Waals surface area contributed by atoms with Gasteiger partial charge in [-0.25, -0.2) is 9.97 Å². The van der Waals surface area contributed by atoms with Crippen LogP contribution in [0.25, 0.3) is 11.0 Å². The zero-order chi connectivity index (χ0) is 17.1. The Kier molecular flexibility index (Phi) is 5.30. The lowest BCUT2D eigenvalue weighted by Crippen LogP contribution is -2.26. The SMILES string of the molecule is COCCN1CCC(CNc2nc(C(C)C)nc3c2cnn3C)C1. The zero-order valence-corrected chi connectivity index (χ0v) is 15.1. The third-order valence-corrected chi connectivity index (χ3v) is 4.67. The minimum absolute atomic E-state index is 0.292. The molecule has 1 aliphatic heterocycles. The molecule has 0 amide bonds. The van der Waals surface area contributed by atoms with Gasteiger partial charge >= 0.3 is 0 Å². The van der Waals surface area contributed by atoms with Gasteiger partial charge in [0.1, 0.15) is 11.6 Å². The molecule has 2 aromatic rings. The average Bonchev–Trinajstić information content (AvgIpc) is 3.17. The Labute approximate surface area is 143 Å². The summed E-state index contributed by atoms with van der Waals surface area (Å²) in [6.07, 6.45) is 3.07. The molecular formula is C17H28N6O. The Hall–Kier alpha value is -1.73. The van der Waals surface area contributed by atoms with Crippen LogP contribution in [0.3, 0.4) is 0 Å². The van der Waals surface area contributed by atoms with E-state index in [0.29, 0.717) is 11.8 Å². The number of likely N-dealkylation sites (tertiary alicyclic amines) is 1.